The molecule has 6 nitrogen and oxygen atoms in total. The Bertz CT molecular complexity index is 999. The number of rotatable bonds is 40. The molecule has 3 unspecified atom stereocenters. The molecule has 0 aliphatic rings. The van der Waals surface area contributed by atoms with E-state index in [0.717, 1.165) is 96.3 Å². The van der Waals surface area contributed by atoms with Crippen LogP contribution in [0, 0.1) is 0 Å². The number of carbonyl (C=O) groups is 2. The number of aliphatic hydroxyl groups excluding tert-OH is 2. The molecule has 0 rings (SSSR count). The topological polar surface area (TPSA) is 95.9 Å². The van der Waals surface area contributed by atoms with Gasteiger partial charge in [-0.05, 0) is 70.6 Å². The predicted molar refractivity (Wildman–Crippen MR) is 236 cm³/mol. The summed E-state index contributed by atoms with van der Waals surface area (Å²) in [6.45, 7) is 6.30. The van der Waals surface area contributed by atoms with Gasteiger partial charge < -0.3 is 20.3 Å². The van der Waals surface area contributed by atoms with Crippen LogP contribution in [0.25, 0.3) is 0 Å². The average molecular weight is 770 g/mol. The maximum absolute atomic E-state index is 13.1. The van der Waals surface area contributed by atoms with Gasteiger partial charge >= 0.3 is 5.97 Å². The summed E-state index contributed by atoms with van der Waals surface area (Å²) in [6, 6.07) is -0.705. The number of esters is 1. The van der Waals surface area contributed by atoms with E-state index >= 15 is 0 Å². The maximum Gasteiger partial charge on any atom is 0.306 e. The largest absolute Gasteiger partial charge is 0.462 e. The summed E-state index contributed by atoms with van der Waals surface area (Å²) >= 11 is 0. The molecular weight excluding hydrogens is 683 g/mol. The molecule has 0 spiro atoms. The molecule has 3 atom stereocenters. The summed E-state index contributed by atoms with van der Waals surface area (Å²) in [4.78, 5) is 25.9. The van der Waals surface area contributed by atoms with Crippen molar-refractivity contribution in [1.29, 1.82) is 0 Å². The summed E-state index contributed by atoms with van der Waals surface area (Å²) < 4.78 is 5.86. The lowest BCUT2D eigenvalue weighted by molar-refractivity contribution is -0.151. The molecule has 0 bridgehead atoms. The first-order chi connectivity index (χ1) is 27.0. The van der Waals surface area contributed by atoms with Crippen molar-refractivity contribution in [2.24, 2.45) is 0 Å². The number of aliphatic hydroxyl groups is 2. The van der Waals surface area contributed by atoms with E-state index in [1.54, 1.807) is 0 Å². The molecule has 1 amide bonds. The molecule has 0 aromatic heterocycles. The van der Waals surface area contributed by atoms with Gasteiger partial charge in [0.1, 0.15) is 6.10 Å². The third-order valence-corrected chi connectivity index (χ3v) is 10.1. The second-order valence-electron chi connectivity index (χ2n) is 15.4. The van der Waals surface area contributed by atoms with Crippen molar-refractivity contribution in [3.05, 3.63) is 60.8 Å². The van der Waals surface area contributed by atoms with Crippen molar-refractivity contribution in [1.82, 2.24) is 5.32 Å². The molecular formula is C49H87NO5. The minimum absolute atomic E-state index is 0.0626. The van der Waals surface area contributed by atoms with Crippen molar-refractivity contribution in [2.45, 2.75) is 232 Å². The van der Waals surface area contributed by atoms with Gasteiger partial charge in [0.2, 0.25) is 5.91 Å². The van der Waals surface area contributed by atoms with Crippen molar-refractivity contribution < 1.29 is 24.5 Å². The third kappa shape index (κ3) is 38.2. The molecule has 0 saturated heterocycles. The number of allylic oxidation sites excluding steroid dienone is 10. The van der Waals surface area contributed by atoms with Crippen LogP contribution in [-0.2, 0) is 14.3 Å². The zero-order chi connectivity index (χ0) is 40.3. The minimum atomic E-state index is -0.790. The number of hydrogen-bond donors (Lipinski definition) is 3. The zero-order valence-electron chi connectivity index (χ0n) is 36.0. The van der Waals surface area contributed by atoms with E-state index in [4.69, 9.17) is 4.74 Å². The third-order valence-electron chi connectivity index (χ3n) is 10.1. The normalized spacial score (nSPS) is 13.9. The molecule has 6 heteroatoms. The fourth-order valence-electron chi connectivity index (χ4n) is 6.63. The van der Waals surface area contributed by atoms with E-state index in [0.29, 0.717) is 19.3 Å². The summed E-state index contributed by atoms with van der Waals surface area (Å²) in [6.07, 6.45) is 51.5. The fraction of sp³-hybridized carbons (Fsp3) is 0.755. The van der Waals surface area contributed by atoms with E-state index in [9.17, 15) is 19.8 Å². The summed E-state index contributed by atoms with van der Waals surface area (Å²) in [7, 11) is 0. The number of carbonyl (C=O) groups excluding carboxylic acids is 2. The highest BCUT2D eigenvalue weighted by atomic mass is 16.5. The minimum Gasteiger partial charge on any atom is -0.462 e. The van der Waals surface area contributed by atoms with Gasteiger partial charge in [-0.15, -0.1) is 0 Å². The van der Waals surface area contributed by atoms with Gasteiger partial charge in [-0.25, -0.2) is 0 Å². The number of unbranched alkanes of at least 4 members (excludes halogenated alkanes) is 18. The fourth-order valence-corrected chi connectivity index (χ4v) is 6.63. The first-order valence-electron chi connectivity index (χ1n) is 23.0. The van der Waals surface area contributed by atoms with E-state index in [-0.39, 0.29) is 24.9 Å². The number of ether oxygens (including phenoxy) is 1. The number of amides is 1. The smallest absolute Gasteiger partial charge is 0.306 e. The molecule has 0 aromatic carbocycles. The SMILES string of the molecule is CC/C=C\C/C=C\C/C=C\C/C=C\C/C=C\CCCCCC(=O)OC(CCCCCCCCC)CC(=O)NC(CO)C(O)CCCCCCCCCCCC. The summed E-state index contributed by atoms with van der Waals surface area (Å²) in [5.74, 6) is -0.519. The van der Waals surface area contributed by atoms with Crippen molar-refractivity contribution in [3.63, 3.8) is 0 Å². The summed E-state index contributed by atoms with van der Waals surface area (Å²) in [5.41, 5.74) is 0. The molecule has 55 heavy (non-hydrogen) atoms. The Hall–Kier alpha value is -2.44. The van der Waals surface area contributed by atoms with Gasteiger partial charge in [-0.1, -0.05) is 191 Å². The Morgan fingerprint density at radius 2 is 0.982 bits per heavy atom. The van der Waals surface area contributed by atoms with Gasteiger partial charge in [0.25, 0.3) is 0 Å². The van der Waals surface area contributed by atoms with Crippen LogP contribution in [0.15, 0.2) is 60.8 Å². The first kappa shape index (κ1) is 52.6. The zero-order valence-corrected chi connectivity index (χ0v) is 36.0. The summed E-state index contributed by atoms with van der Waals surface area (Å²) in [5, 5.41) is 23.5. The second kappa shape index (κ2) is 42.7. The Morgan fingerprint density at radius 1 is 0.545 bits per heavy atom. The lowest BCUT2D eigenvalue weighted by atomic mass is 10.0. The van der Waals surface area contributed by atoms with Crippen LogP contribution < -0.4 is 5.32 Å². The van der Waals surface area contributed by atoms with E-state index in [1.165, 1.54) is 70.6 Å². The number of nitrogens with one attached hydrogen (secondary N) is 1. The highest BCUT2D eigenvalue weighted by Crippen LogP contribution is 2.17. The molecule has 0 aromatic rings. The molecule has 0 radical (unpaired) electrons. The van der Waals surface area contributed by atoms with Crippen molar-refractivity contribution in [2.75, 3.05) is 6.61 Å². The van der Waals surface area contributed by atoms with Gasteiger partial charge in [0, 0.05) is 6.42 Å². The van der Waals surface area contributed by atoms with Gasteiger partial charge in [0.15, 0.2) is 0 Å². The lowest BCUT2D eigenvalue weighted by Crippen LogP contribution is -2.46. The molecule has 0 aliphatic heterocycles. The lowest BCUT2D eigenvalue weighted by Gasteiger charge is -2.24. The standard InChI is InChI=1S/C49H87NO5/c1-4-7-10-13-16-18-20-21-22-23-24-25-26-27-28-30-33-36-39-42-49(54)55-45(40-37-34-31-15-12-9-6-3)43-48(53)50-46(44-51)47(52)41-38-35-32-29-19-17-14-11-8-5-2/h7,10,16,18,21-22,24-25,27-28,45-47,51-52H,4-6,8-9,11-15,17,19-20,23,26,29-44H2,1-3H3,(H,50,53)/b10-7-,18-16-,22-21-,25-24-,28-27-. The highest BCUT2D eigenvalue weighted by molar-refractivity contribution is 5.77. The maximum atomic E-state index is 13.1. The number of hydrogen-bond acceptors (Lipinski definition) is 5. The van der Waals surface area contributed by atoms with E-state index in [1.807, 2.05) is 0 Å². The van der Waals surface area contributed by atoms with Crippen LogP contribution in [0.4, 0.5) is 0 Å². The van der Waals surface area contributed by atoms with Gasteiger partial charge in [-0.2, -0.15) is 0 Å². The molecule has 3 N–H and O–H groups in total. The van der Waals surface area contributed by atoms with Gasteiger partial charge in [-0.3, -0.25) is 9.59 Å². The Labute approximate surface area is 339 Å². The van der Waals surface area contributed by atoms with Crippen LogP contribution in [0.1, 0.15) is 213 Å². The quantitative estimate of drug-likeness (QED) is 0.0328. The molecule has 0 saturated carbocycles. The molecule has 0 heterocycles. The van der Waals surface area contributed by atoms with Crippen molar-refractivity contribution >= 4 is 11.9 Å². The molecule has 0 aliphatic carbocycles. The highest BCUT2D eigenvalue weighted by Gasteiger charge is 2.24. The Kier molecular flexibility index (Phi) is 40.8. The van der Waals surface area contributed by atoms with Crippen LogP contribution in [-0.4, -0.2) is 46.9 Å². The van der Waals surface area contributed by atoms with Crippen molar-refractivity contribution in [3.8, 4) is 0 Å². The molecule has 318 valence electrons. The Morgan fingerprint density at radius 3 is 1.47 bits per heavy atom. The predicted octanol–water partition coefficient (Wildman–Crippen LogP) is 13.3. The second-order valence-corrected chi connectivity index (χ2v) is 15.4. The van der Waals surface area contributed by atoms with Crippen LogP contribution >= 0.6 is 0 Å². The van der Waals surface area contributed by atoms with Crippen LogP contribution in [0.2, 0.25) is 0 Å². The average Bonchev–Trinajstić information content (AvgIpc) is 3.18. The van der Waals surface area contributed by atoms with E-state index in [2.05, 4.69) is 86.8 Å². The van der Waals surface area contributed by atoms with Crippen LogP contribution in [0.5, 0.6) is 0 Å². The molecule has 0 fully saturated rings. The van der Waals surface area contributed by atoms with E-state index < -0.39 is 18.2 Å². The first-order valence-corrected chi connectivity index (χ1v) is 23.0. The van der Waals surface area contributed by atoms with Crippen LogP contribution in [0.3, 0.4) is 0 Å². The monoisotopic (exact) mass is 770 g/mol. The Balaban J connectivity index is 4.48. The van der Waals surface area contributed by atoms with Gasteiger partial charge in [0.05, 0.1) is 25.2 Å².